The maximum Gasteiger partial charge on any atom is 0.328 e. The summed E-state index contributed by atoms with van der Waals surface area (Å²) in [5.41, 5.74) is 4.63. The lowest BCUT2D eigenvalue weighted by molar-refractivity contribution is -0.152. The molecule has 2 aliphatic rings. The third-order valence-electron chi connectivity index (χ3n) is 3.50. The highest BCUT2D eigenvalue weighted by atomic mass is 32.2. The molecule has 0 bridgehead atoms. The SMILES string of the molecule is CC1(C)[C@H](C(=O)O)N2C(=O)/C(=C\C(N)=O)[C@H]2S1(=O)=O. The number of rotatable bonds is 2. The maximum absolute atomic E-state index is 12.3. The first kappa shape index (κ1) is 13.5. The monoisotopic (exact) mass is 288 g/mol. The van der Waals surface area contributed by atoms with Gasteiger partial charge in [0, 0.05) is 6.08 Å². The van der Waals surface area contributed by atoms with Crippen LogP contribution in [-0.4, -0.2) is 52.4 Å². The quantitative estimate of drug-likeness (QED) is 0.456. The van der Waals surface area contributed by atoms with Crippen molar-refractivity contribution >= 4 is 27.6 Å². The van der Waals surface area contributed by atoms with E-state index in [0.717, 1.165) is 11.0 Å². The van der Waals surface area contributed by atoms with Gasteiger partial charge in [-0.25, -0.2) is 13.2 Å². The Labute approximate surface area is 108 Å². The molecule has 2 heterocycles. The number of nitrogens with two attached hydrogens (primary N) is 1. The molecule has 2 amide bonds. The molecular formula is C10H12N2O6S. The van der Waals surface area contributed by atoms with E-state index in [-0.39, 0.29) is 5.57 Å². The third-order valence-corrected chi connectivity index (χ3v) is 6.25. The van der Waals surface area contributed by atoms with Crippen LogP contribution < -0.4 is 5.73 Å². The van der Waals surface area contributed by atoms with Gasteiger partial charge in [-0.15, -0.1) is 0 Å². The van der Waals surface area contributed by atoms with E-state index in [4.69, 9.17) is 10.8 Å². The number of sulfone groups is 1. The van der Waals surface area contributed by atoms with Crippen LogP contribution in [0, 0.1) is 0 Å². The summed E-state index contributed by atoms with van der Waals surface area (Å²) in [4.78, 5) is 34.5. The van der Waals surface area contributed by atoms with Crippen LogP contribution in [0.25, 0.3) is 0 Å². The van der Waals surface area contributed by atoms with Crippen molar-refractivity contribution in [1.82, 2.24) is 4.90 Å². The van der Waals surface area contributed by atoms with Crippen molar-refractivity contribution in [3.63, 3.8) is 0 Å². The highest BCUT2D eigenvalue weighted by molar-refractivity contribution is 7.94. The van der Waals surface area contributed by atoms with Gasteiger partial charge in [-0.1, -0.05) is 0 Å². The average Bonchev–Trinajstić information content (AvgIpc) is 2.38. The van der Waals surface area contributed by atoms with Crippen molar-refractivity contribution in [3.8, 4) is 0 Å². The minimum absolute atomic E-state index is 0.274. The van der Waals surface area contributed by atoms with E-state index in [2.05, 4.69) is 0 Å². The number of carbonyl (C=O) groups excluding carboxylic acids is 2. The second-order valence-corrected chi connectivity index (χ2v) is 7.54. The lowest BCUT2D eigenvalue weighted by Gasteiger charge is -2.37. The van der Waals surface area contributed by atoms with Gasteiger partial charge in [0.1, 0.15) is 4.75 Å². The van der Waals surface area contributed by atoms with Crippen molar-refractivity contribution < 1.29 is 27.9 Å². The molecule has 8 nitrogen and oxygen atoms in total. The van der Waals surface area contributed by atoms with E-state index in [0.29, 0.717) is 0 Å². The largest absolute Gasteiger partial charge is 0.480 e. The number of hydrogen-bond donors (Lipinski definition) is 2. The molecule has 0 unspecified atom stereocenters. The second-order valence-electron chi connectivity index (χ2n) is 4.96. The zero-order chi connectivity index (χ0) is 14.7. The fourth-order valence-electron chi connectivity index (χ4n) is 2.50. The molecule has 2 rings (SSSR count). The molecule has 2 saturated heterocycles. The van der Waals surface area contributed by atoms with Crippen LogP contribution in [0.15, 0.2) is 11.6 Å². The Hall–Kier alpha value is -1.90. The van der Waals surface area contributed by atoms with Crippen LogP contribution in [0.3, 0.4) is 0 Å². The van der Waals surface area contributed by atoms with E-state index >= 15 is 0 Å². The number of carboxylic acid groups (broad SMARTS) is 1. The van der Waals surface area contributed by atoms with Gasteiger partial charge in [0.15, 0.2) is 21.3 Å². The Morgan fingerprint density at radius 2 is 1.95 bits per heavy atom. The number of aliphatic carboxylic acids is 1. The number of carboxylic acids is 1. The zero-order valence-electron chi connectivity index (χ0n) is 10.2. The number of carbonyl (C=O) groups is 3. The number of nitrogens with zero attached hydrogens (tertiary/aromatic N) is 1. The summed E-state index contributed by atoms with van der Waals surface area (Å²) in [5.74, 6) is -3.14. The number of hydrogen-bond acceptors (Lipinski definition) is 5. The number of amides is 2. The molecule has 104 valence electrons. The molecule has 0 aromatic rings. The average molecular weight is 288 g/mol. The summed E-state index contributed by atoms with van der Waals surface area (Å²) < 4.78 is 22.9. The van der Waals surface area contributed by atoms with Gasteiger partial charge in [-0.2, -0.15) is 0 Å². The predicted molar refractivity (Wildman–Crippen MR) is 62.3 cm³/mol. The van der Waals surface area contributed by atoms with Crippen LogP contribution in [-0.2, 0) is 24.2 Å². The maximum atomic E-state index is 12.3. The Morgan fingerprint density at radius 3 is 2.37 bits per heavy atom. The Kier molecular flexibility index (Phi) is 2.54. The fraction of sp³-hybridized carbons (Fsp3) is 0.500. The van der Waals surface area contributed by atoms with Crippen molar-refractivity contribution in [3.05, 3.63) is 11.6 Å². The molecular weight excluding hydrogens is 276 g/mol. The van der Waals surface area contributed by atoms with Crippen molar-refractivity contribution in [1.29, 1.82) is 0 Å². The highest BCUT2D eigenvalue weighted by Crippen LogP contribution is 2.48. The van der Waals surface area contributed by atoms with E-state index in [9.17, 15) is 22.8 Å². The summed E-state index contributed by atoms with van der Waals surface area (Å²) in [6.45, 7) is 2.49. The minimum atomic E-state index is -3.94. The third kappa shape index (κ3) is 1.44. The number of β-lactam (4-membered cyclic amide) rings is 1. The molecule has 0 aliphatic carbocycles. The molecule has 2 atom stereocenters. The Balaban J connectivity index is 2.61. The summed E-state index contributed by atoms with van der Waals surface area (Å²) >= 11 is 0. The van der Waals surface area contributed by atoms with Crippen LogP contribution in [0.1, 0.15) is 13.8 Å². The molecule has 2 fully saturated rings. The second kappa shape index (κ2) is 3.56. The highest BCUT2D eigenvalue weighted by Gasteiger charge is 2.70. The van der Waals surface area contributed by atoms with Gasteiger partial charge >= 0.3 is 5.97 Å². The summed E-state index contributed by atoms with van der Waals surface area (Å²) in [6.07, 6.45) is 0.737. The predicted octanol–water partition coefficient (Wildman–Crippen LogP) is -1.77. The molecule has 0 saturated carbocycles. The van der Waals surface area contributed by atoms with Crippen molar-refractivity contribution in [2.75, 3.05) is 0 Å². The standard InChI is InChI=1S/C10H12N2O6S/c1-10(2)6(9(15)16)12-7(14)4(3-5(11)13)8(12)19(10,17)18/h3,6,8H,1-2H3,(H2,11,13)(H,15,16)/b4-3+/t6-,8+/m0/s1. The molecule has 0 radical (unpaired) electrons. The molecule has 0 aromatic carbocycles. The van der Waals surface area contributed by atoms with Crippen LogP contribution in [0.4, 0.5) is 0 Å². The summed E-state index contributed by atoms with van der Waals surface area (Å²) in [6, 6.07) is -1.47. The first-order chi connectivity index (χ1) is 8.53. The van der Waals surface area contributed by atoms with Crippen LogP contribution in [0.2, 0.25) is 0 Å². The lowest BCUT2D eigenvalue weighted by Crippen LogP contribution is -2.59. The van der Waals surface area contributed by atoms with E-state index < -0.39 is 43.8 Å². The Bertz CT molecular complexity index is 632. The first-order valence-corrected chi connectivity index (χ1v) is 6.88. The van der Waals surface area contributed by atoms with E-state index in [1.807, 2.05) is 0 Å². The fourth-order valence-corrected chi connectivity index (χ4v) is 4.62. The normalized spacial score (nSPS) is 32.8. The molecule has 3 N–H and O–H groups in total. The van der Waals surface area contributed by atoms with Gasteiger partial charge < -0.3 is 15.7 Å². The van der Waals surface area contributed by atoms with Gasteiger partial charge in [-0.05, 0) is 13.8 Å². The van der Waals surface area contributed by atoms with Gasteiger partial charge in [0.25, 0.3) is 5.91 Å². The Morgan fingerprint density at radius 1 is 1.42 bits per heavy atom. The van der Waals surface area contributed by atoms with Crippen LogP contribution >= 0.6 is 0 Å². The van der Waals surface area contributed by atoms with Gasteiger partial charge in [-0.3, -0.25) is 9.59 Å². The molecule has 2 aliphatic heterocycles. The lowest BCUT2D eigenvalue weighted by atomic mass is 9.95. The molecule has 9 heteroatoms. The minimum Gasteiger partial charge on any atom is -0.480 e. The van der Waals surface area contributed by atoms with Gasteiger partial charge in [0.2, 0.25) is 5.91 Å². The number of fused-ring (bicyclic) bond motifs is 1. The molecule has 0 aromatic heterocycles. The van der Waals surface area contributed by atoms with E-state index in [1.54, 1.807) is 0 Å². The zero-order valence-corrected chi connectivity index (χ0v) is 11.0. The first-order valence-electron chi connectivity index (χ1n) is 5.33. The van der Waals surface area contributed by atoms with E-state index in [1.165, 1.54) is 13.8 Å². The van der Waals surface area contributed by atoms with Crippen LogP contribution in [0.5, 0.6) is 0 Å². The summed E-state index contributed by atoms with van der Waals surface area (Å²) in [5, 5.41) is 7.72. The summed E-state index contributed by atoms with van der Waals surface area (Å²) in [7, 11) is -3.94. The molecule has 0 spiro atoms. The van der Waals surface area contributed by atoms with Crippen molar-refractivity contribution in [2.24, 2.45) is 5.73 Å². The van der Waals surface area contributed by atoms with Gasteiger partial charge in [0.05, 0.1) is 5.57 Å². The number of primary amides is 1. The topological polar surface area (TPSA) is 135 Å². The molecule has 19 heavy (non-hydrogen) atoms. The van der Waals surface area contributed by atoms with Crippen molar-refractivity contribution in [2.45, 2.75) is 30.0 Å². The smallest absolute Gasteiger partial charge is 0.328 e.